The minimum absolute atomic E-state index is 0.00179. The average Bonchev–Trinajstić information content (AvgIpc) is 3.95. The Kier molecular flexibility index (Phi) is 12.8. The number of aryl methyl sites for hydroxylation is 3. The smallest absolute Gasteiger partial charge is 0.320 e. The summed E-state index contributed by atoms with van der Waals surface area (Å²) in [6.07, 6.45) is 10.7. The standard InChI is InChI=1S/C17H16N4O4.C17H17N3O2.C14H12N2/c1-9-12(8-13(18)17(22)23)15-14(21(24)25)3-2-11(16(15)20-9)10-4-6-19-7-5-10;1-10-14(9-15(18)17(21)22)13-4-2-3-12(16(13)20-10)11-5-7-19-8-6-11;1-10-9-12-3-2-4-13(14(12)16-10)11-5-7-15-8-6-11/h2-7,13,20H,8,18H2,1H3,(H,22,23);2-8,15,20H,9,18H2,1H3,(H,21,22);2-9,16H,1H3. The van der Waals surface area contributed by atoms with Gasteiger partial charge in [0.05, 0.1) is 26.9 Å². The molecule has 0 fully saturated rings. The first kappa shape index (κ1) is 43.1. The molecule has 0 saturated carbocycles. The number of hydrogen-bond acceptors (Lipinski definition) is 9. The van der Waals surface area contributed by atoms with E-state index in [9.17, 15) is 19.7 Å². The molecule has 9 rings (SSSR count). The number of fused-ring (bicyclic) bond motifs is 3. The Morgan fingerprint density at radius 2 is 1.08 bits per heavy atom. The number of benzene rings is 3. The van der Waals surface area contributed by atoms with Crippen LogP contribution in [0.5, 0.6) is 0 Å². The van der Waals surface area contributed by atoms with Crippen LogP contribution in [0.1, 0.15) is 28.2 Å². The van der Waals surface area contributed by atoms with Crippen LogP contribution in [0, 0.1) is 30.9 Å². The number of non-ortho nitro benzene ring substituents is 1. The fourth-order valence-corrected chi connectivity index (χ4v) is 7.78. The number of aromatic nitrogens is 6. The molecule has 0 saturated heterocycles. The van der Waals surface area contributed by atoms with E-state index in [1.807, 2.05) is 61.8 Å². The Morgan fingerprint density at radius 3 is 1.60 bits per heavy atom. The van der Waals surface area contributed by atoms with Gasteiger partial charge in [0.2, 0.25) is 0 Å². The minimum atomic E-state index is -1.15. The fraction of sp³-hybridized carbons (Fsp3) is 0.146. The van der Waals surface area contributed by atoms with E-state index in [1.165, 1.54) is 33.8 Å². The molecule has 63 heavy (non-hydrogen) atoms. The van der Waals surface area contributed by atoms with Crippen molar-refractivity contribution in [1.29, 1.82) is 0 Å². The third-order valence-electron chi connectivity index (χ3n) is 10.8. The van der Waals surface area contributed by atoms with Crippen LogP contribution in [-0.4, -0.2) is 69.1 Å². The Labute approximate surface area is 361 Å². The summed E-state index contributed by atoms with van der Waals surface area (Å²) in [5.41, 5.74) is 24.6. The monoisotopic (exact) mass is 843 g/mol. The summed E-state index contributed by atoms with van der Waals surface area (Å²) in [5, 5.41) is 32.3. The molecule has 0 aliphatic rings. The molecule has 0 aliphatic carbocycles. The summed E-state index contributed by atoms with van der Waals surface area (Å²) < 4.78 is 0. The summed E-state index contributed by atoms with van der Waals surface area (Å²) in [6, 6.07) is 27.2. The summed E-state index contributed by atoms with van der Waals surface area (Å²) in [6.45, 7) is 5.78. The first-order valence-electron chi connectivity index (χ1n) is 20.0. The molecule has 0 radical (unpaired) electrons. The third-order valence-corrected chi connectivity index (χ3v) is 10.8. The van der Waals surface area contributed by atoms with E-state index in [4.69, 9.17) is 21.7 Å². The van der Waals surface area contributed by atoms with Gasteiger partial charge >= 0.3 is 11.9 Å². The van der Waals surface area contributed by atoms with Gasteiger partial charge in [-0.05, 0) is 97.1 Å². The third kappa shape index (κ3) is 9.34. The van der Waals surface area contributed by atoms with Crippen molar-refractivity contribution in [3.05, 3.63) is 166 Å². The van der Waals surface area contributed by atoms with Crippen LogP contribution < -0.4 is 11.5 Å². The van der Waals surface area contributed by atoms with Crippen molar-refractivity contribution in [2.75, 3.05) is 0 Å². The van der Waals surface area contributed by atoms with Gasteiger partial charge in [-0.25, -0.2) is 0 Å². The molecule has 2 unspecified atom stereocenters. The van der Waals surface area contributed by atoms with Crippen molar-refractivity contribution < 1.29 is 24.7 Å². The summed E-state index contributed by atoms with van der Waals surface area (Å²) in [5.74, 6) is -2.14. The number of nitro groups is 1. The van der Waals surface area contributed by atoms with Gasteiger partial charge in [0.15, 0.2) is 0 Å². The Balaban J connectivity index is 0.000000145. The van der Waals surface area contributed by atoms with Crippen molar-refractivity contribution in [1.82, 2.24) is 29.9 Å². The van der Waals surface area contributed by atoms with Gasteiger partial charge in [-0.2, -0.15) is 0 Å². The average molecular weight is 844 g/mol. The van der Waals surface area contributed by atoms with E-state index >= 15 is 0 Å². The van der Waals surface area contributed by atoms with Crippen molar-refractivity contribution in [2.45, 2.75) is 45.7 Å². The molecular formula is C48H45N9O6. The highest BCUT2D eigenvalue weighted by Crippen LogP contribution is 2.38. The lowest BCUT2D eigenvalue weighted by atomic mass is 9.98. The molecule has 9 aromatic rings. The molecule has 0 bridgehead atoms. The van der Waals surface area contributed by atoms with Gasteiger partial charge in [-0.15, -0.1) is 0 Å². The van der Waals surface area contributed by atoms with E-state index < -0.39 is 28.9 Å². The molecule has 0 amide bonds. The molecule has 0 spiro atoms. The van der Waals surface area contributed by atoms with Crippen LogP contribution in [0.3, 0.4) is 0 Å². The zero-order valence-corrected chi connectivity index (χ0v) is 34.7. The maximum atomic E-state index is 11.5. The number of rotatable bonds is 10. The fourth-order valence-electron chi connectivity index (χ4n) is 7.78. The summed E-state index contributed by atoms with van der Waals surface area (Å²) >= 11 is 0. The number of pyridine rings is 3. The van der Waals surface area contributed by atoms with Crippen LogP contribution in [0.25, 0.3) is 66.1 Å². The molecule has 318 valence electrons. The van der Waals surface area contributed by atoms with Gasteiger partial charge < -0.3 is 36.6 Å². The number of carboxylic acid groups (broad SMARTS) is 2. The molecule has 15 nitrogen and oxygen atoms in total. The first-order chi connectivity index (χ1) is 30.3. The van der Waals surface area contributed by atoms with Gasteiger partial charge in [-0.1, -0.05) is 36.4 Å². The first-order valence-corrected chi connectivity index (χ1v) is 20.0. The number of aliphatic carboxylic acids is 2. The predicted octanol–water partition coefficient (Wildman–Crippen LogP) is 8.43. The Bertz CT molecular complexity index is 3070. The SMILES string of the molecule is Cc1[nH]c2c(-c3ccncc3)ccc([N+](=O)[O-])c2c1CC(N)C(=O)O.Cc1[nH]c2c(-c3ccncc3)cccc2c1CC(N)C(=O)O.Cc1cc2cccc(-c3ccncc3)c2[nH]1. The second kappa shape index (κ2) is 18.7. The van der Waals surface area contributed by atoms with Gasteiger partial charge in [0.1, 0.15) is 12.1 Å². The van der Waals surface area contributed by atoms with Crippen molar-refractivity contribution in [2.24, 2.45) is 11.5 Å². The number of para-hydroxylation sites is 2. The van der Waals surface area contributed by atoms with E-state index in [1.54, 1.807) is 49.9 Å². The normalized spacial score (nSPS) is 12.0. The molecule has 6 heterocycles. The van der Waals surface area contributed by atoms with E-state index in [0.717, 1.165) is 44.4 Å². The lowest BCUT2D eigenvalue weighted by Crippen LogP contribution is -2.32. The van der Waals surface area contributed by atoms with Crippen LogP contribution in [0.2, 0.25) is 0 Å². The van der Waals surface area contributed by atoms with E-state index in [-0.39, 0.29) is 12.1 Å². The van der Waals surface area contributed by atoms with Gasteiger partial charge in [0.25, 0.3) is 5.69 Å². The van der Waals surface area contributed by atoms with E-state index in [2.05, 4.69) is 61.1 Å². The number of nitrogens with zero attached hydrogens (tertiary/aromatic N) is 4. The number of nitrogens with one attached hydrogen (secondary N) is 3. The van der Waals surface area contributed by atoms with Crippen molar-refractivity contribution in [3.8, 4) is 33.4 Å². The molecule has 15 heteroatoms. The number of nitro benzene ring substituents is 1. The number of aromatic amines is 3. The molecule has 0 aliphatic heterocycles. The maximum absolute atomic E-state index is 11.5. The van der Waals surface area contributed by atoms with Crippen LogP contribution in [0.15, 0.2) is 128 Å². The van der Waals surface area contributed by atoms with Gasteiger partial charge in [-0.3, -0.25) is 34.7 Å². The number of hydrogen-bond donors (Lipinski definition) is 7. The lowest BCUT2D eigenvalue weighted by molar-refractivity contribution is -0.383. The summed E-state index contributed by atoms with van der Waals surface area (Å²) in [7, 11) is 0. The molecule has 2 atom stereocenters. The van der Waals surface area contributed by atoms with Crippen LogP contribution in [0.4, 0.5) is 5.69 Å². The molecule has 6 aromatic heterocycles. The zero-order chi connectivity index (χ0) is 44.8. The predicted molar refractivity (Wildman–Crippen MR) is 244 cm³/mol. The second-order valence-electron chi connectivity index (χ2n) is 15.1. The van der Waals surface area contributed by atoms with Crippen LogP contribution >= 0.6 is 0 Å². The highest BCUT2D eigenvalue weighted by molar-refractivity contribution is 6.03. The number of nitrogens with two attached hydrogens (primary N) is 2. The topological polar surface area (TPSA) is 256 Å². The van der Waals surface area contributed by atoms with Crippen molar-refractivity contribution in [3.63, 3.8) is 0 Å². The highest BCUT2D eigenvalue weighted by Gasteiger charge is 2.25. The number of carbonyl (C=O) groups is 2. The largest absolute Gasteiger partial charge is 0.480 e. The van der Waals surface area contributed by atoms with E-state index in [0.29, 0.717) is 28.6 Å². The van der Waals surface area contributed by atoms with Crippen molar-refractivity contribution >= 4 is 50.3 Å². The molecular weight excluding hydrogens is 799 g/mol. The molecule has 3 aromatic carbocycles. The van der Waals surface area contributed by atoms with Gasteiger partial charge in [0, 0.05) is 101 Å². The highest BCUT2D eigenvalue weighted by atomic mass is 16.6. The zero-order valence-electron chi connectivity index (χ0n) is 34.7. The molecule has 9 N–H and O–H groups in total. The number of H-pyrrole nitrogens is 3. The van der Waals surface area contributed by atoms with Crippen LogP contribution in [-0.2, 0) is 22.4 Å². The maximum Gasteiger partial charge on any atom is 0.320 e. The lowest BCUT2D eigenvalue weighted by Gasteiger charge is -2.08. The minimum Gasteiger partial charge on any atom is -0.480 e. The Hall–Kier alpha value is -8.01. The second-order valence-corrected chi connectivity index (χ2v) is 15.1. The quantitative estimate of drug-likeness (QED) is 0.0508. The summed E-state index contributed by atoms with van der Waals surface area (Å²) in [4.78, 5) is 55.1. The number of carboxylic acids is 2. The Morgan fingerprint density at radius 1 is 0.619 bits per heavy atom.